The Balaban J connectivity index is 1.89. The number of hydrogen-bond donors (Lipinski definition) is 0. The molecule has 0 saturated carbocycles. The Morgan fingerprint density at radius 1 is 0.815 bits per heavy atom. The largest absolute Gasteiger partial charge is 0.497 e. The first-order valence-electron chi connectivity index (χ1n) is 8.28. The lowest BCUT2D eigenvalue weighted by molar-refractivity contribution is 0.414. The minimum atomic E-state index is 0.262. The maximum Gasteiger partial charge on any atom is 0.173 e. The fourth-order valence-electron chi connectivity index (χ4n) is 2.66. The number of aromatic nitrogens is 2. The quantitative estimate of drug-likeness (QED) is 0.554. The molecule has 0 aliphatic carbocycles. The Labute approximate surface area is 168 Å². The smallest absolute Gasteiger partial charge is 0.173 e. The molecule has 0 aliphatic heterocycles. The zero-order valence-corrected chi connectivity index (χ0v) is 16.5. The van der Waals surface area contributed by atoms with Crippen LogP contribution in [0.5, 0.6) is 11.5 Å². The van der Waals surface area contributed by atoms with Gasteiger partial charge in [0, 0.05) is 13.1 Å². The van der Waals surface area contributed by atoms with Crippen LogP contribution in [0.25, 0.3) is 0 Å². The summed E-state index contributed by atoms with van der Waals surface area (Å²) in [5.74, 6) is 2.20. The highest BCUT2D eigenvalue weighted by molar-refractivity contribution is 6.33. The molecule has 2 aromatic carbocycles. The van der Waals surface area contributed by atoms with Crippen LogP contribution < -0.4 is 14.4 Å². The Kier molecular flexibility index (Phi) is 6.37. The third-order valence-corrected chi connectivity index (χ3v) is 4.48. The van der Waals surface area contributed by atoms with Crippen LogP contribution in [0.4, 0.5) is 5.82 Å². The van der Waals surface area contributed by atoms with Crippen LogP contribution in [-0.4, -0.2) is 24.2 Å². The highest BCUT2D eigenvalue weighted by atomic mass is 35.5. The van der Waals surface area contributed by atoms with Gasteiger partial charge < -0.3 is 14.4 Å². The molecule has 7 heteroatoms. The van der Waals surface area contributed by atoms with E-state index < -0.39 is 0 Å². The topological polar surface area (TPSA) is 47.5 Å². The summed E-state index contributed by atoms with van der Waals surface area (Å²) in [6, 6.07) is 15.8. The lowest BCUT2D eigenvalue weighted by Crippen LogP contribution is -2.23. The molecule has 0 spiro atoms. The van der Waals surface area contributed by atoms with E-state index in [1.165, 1.54) is 6.20 Å². The molecule has 1 aromatic heterocycles. The summed E-state index contributed by atoms with van der Waals surface area (Å²) < 4.78 is 10.4. The van der Waals surface area contributed by atoms with E-state index in [1.807, 2.05) is 48.5 Å². The molecule has 0 amide bonds. The molecule has 0 fully saturated rings. The number of benzene rings is 2. The van der Waals surface area contributed by atoms with Crippen molar-refractivity contribution < 1.29 is 9.47 Å². The molecule has 0 aliphatic rings. The number of ether oxygens (including phenoxy) is 2. The van der Waals surface area contributed by atoms with Crippen molar-refractivity contribution in [3.63, 3.8) is 0 Å². The number of anilines is 1. The van der Waals surface area contributed by atoms with Crippen LogP contribution in [0.1, 0.15) is 11.1 Å². The minimum Gasteiger partial charge on any atom is -0.497 e. The molecular weight excluding hydrogens is 385 g/mol. The molecule has 0 bridgehead atoms. The minimum absolute atomic E-state index is 0.262. The van der Waals surface area contributed by atoms with Gasteiger partial charge in [0.2, 0.25) is 0 Å². The van der Waals surface area contributed by atoms with Gasteiger partial charge in [-0.05, 0) is 35.4 Å². The summed E-state index contributed by atoms with van der Waals surface area (Å²) in [5.41, 5.74) is 2.19. The number of halogens is 2. The summed E-state index contributed by atoms with van der Waals surface area (Å²) in [5, 5.41) is 0.530. The molecule has 0 saturated heterocycles. The standard InChI is InChI=1S/C20H19Cl2N3O2/c1-26-16-7-3-14(4-8-16)12-25(20-19(22)24-18(21)11-23-20)13-15-5-9-17(27-2)10-6-15/h3-11H,12-13H2,1-2H3. The average Bonchev–Trinajstić information content (AvgIpc) is 2.69. The normalized spacial score (nSPS) is 10.5. The summed E-state index contributed by atoms with van der Waals surface area (Å²) in [4.78, 5) is 10.6. The number of nitrogens with zero attached hydrogens (tertiary/aromatic N) is 3. The number of rotatable bonds is 7. The third kappa shape index (κ3) is 5.02. The van der Waals surface area contributed by atoms with Gasteiger partial charge in [-0.2, -0.15) is 0 Å². The Morgan fingerprint density at radius 2 is 1.30 bits per heavy atom. The van der Waals surface area contributed by atoms with Crippen molar-refractivity contribution in [2.75, 3.05) is 19.1 Å². The predicted molar refractivity (Wildman–Crippen MR) is 108 cm³/mol. The second-order valence-electron chi connectivity index (χ2n) is 5.86. The zero-order chi connectivity index (χ0) is 19.2. The lowest BCUT2D eigenvalue weighted by Gasteiger charge is -2.24. The van der Waals surface area contributed by atoms with Crippen LogP contribution in [0, 0.1) is 0 Å². The van der Waals surface area contributed by atoms with Crippen molar-refractivity contribution in [1.29, 1.82) is 0 Å². The van der Waals surface area contributed by atoms with Crippen molar-refractivity contribution in [2.45, 2.75) is 13.1 Å². The SMILES string of the molecule is COc1ccc(CN(Cc2ccc(OC)cc2)c2ncc(Cl)nc2Cl)cc1. The van der Waals surface area contributed by atoms with Crippen LogP contribution in [0.3, 0.4) is 0 Å². The Hall–Kier alpha value is -2.50. The van der Waals surface area contributed by atoms with Crippen molar-refractivity contribution in [2.24, 2.45) is 0 Å². The van der Waals surface area contributed by atoms with Gasteiger partial charge in [0.1, 0.15) is 16.7 Å². The van der Waals surface area contributed by atoms with E-state index in [1.54, 1.807) is 14.2 Å². The summed E-state index contributed by atoms with van der Waals surface area (Å²) >= 11 is 12.2. The Bertz CT molecular complexity index is 837. The first kappa shape index (κ1) is 19.3. The average molecular weight is 404 g/mol. The highest BCUT2D eigenvalue weighted by Crippen LogP contribution is 2.27. The van der Waals surface area contributed by atoms with Crippen molar-refractivity contribution in [3.8, 4) is 11.5 Å². The summed E-state index contributed by atoms with van der Waals surface area (Å²) in [7, 11) is 3.29. The highest BCUT2D eigenvalue weighted by Gasteiger charge is 2.15. The van der Waals surface area contributed by atoms with Gasteiger partial charge in [-0.25, -0.2) is 9.97 Å². The first-order valence-corrected chi connectivity index (χ1v) is 9.03. The zero-order valence-electron chi connectivity index (χ0n) is 15.0. The van der Waals surface area contributed by atoms with E-state index in [2.05, 4.69) is 14.9 Å². The van der Waals surface area contributed by atoms with Gasteiger partial charge in [-0.1, -0.05) is 47.5 Å². The van der Waals surface area contributed by atoms with E-state index >= 15 is 0 Å². The Morgan fingerprint density at radius 3 is 1.70 bits per heavy atom. The van der Waals surface area contributed by atoms with E-state index in [4.69, 9.17) is 32.7 Å². The van der Waals surface area contributed by atoms with E-state index in [9.17, 15) is 0 Å². The molecule has 140 valence electrons. The van der Waals surface area contributed by atoms with Crippen LogP contribution in [-0.2, 0) is 13.1 Å². The van der Waals surface area contributed by atoms with Crippen molar-refractivity contribution in [3.05, 3.63) is 76.2 Å². The maximum absolute atomic E-state index is 6.31. The van der Waals surface area contributed by atoms with E-state index in [0.717, 1.165) is 22.6 Å². The van der Waals surface area contributed by atoms with Crippen molar-refractivity contribution in [1.82, 2.24) is 9.97 Å². The van der Waals surface area contributed by atoms with Gasteiger partial charge in [-0.15, -0.1) is 0 Å². The van der Waals surface area contributed by atoms with Crippen LogP contribution >= 0.6 is 23.2 Å². The molecule has 27 heavy (non-hydrogen) atoms. The number of hydrogen-bond acceptors (Lipinski definition) is 5. The van der Waals surface area contributed by atoms with Crippen LogP contribution in [0.2, 0.25) is 10.3 Å². The summed E-state index contributed by atoms with van der Waals surface area (Å²) in [6.07, 6.45) is 1.50. The second-order valence-corrected chi connectivity index (χ2v) is 6.60. The van der Waals surface area contributed by atoms with Crippen molar-refractivity contribution >= 4 is 29.0 Å². The molecule has 3 rings (SSSR count). The molecule has 3 aromatic rings. The number of methoxy groups -OCH3 is 2. The van der Waals surface area contributed by atoms with Gasteiger partial charge in [0.05, 0.1) is 20.4 Å². The molecule has 1 heterocycles. The monoisotopic (exact) mass is 403 g/mol. The van der Waals surface area contributed by atoms with Gasteiger partial charge in [0.15, 0.2) is 11.0 Å². The second kappa shape index (κ2) is 8.93. The fourth-order valence-corrected chi connectivity index (χ4v) is 3.10. The van der Waals surface area contributed by atoms with Gasteiger partial charge in [-0.3, -0.25) is 0 Å². The molecule has 0 N–H and O–H groups in total. The molecule has 0 atom stereocenters. The predicted octanol–water partition coefficient (Wildman–Crippen LogP) is 5.01. The molecule has 5 nitrogen and oxygen atoms in total. The van der Waals surface area contributed by atoms with E-state index in [-0.39, 0.29) is 10.3 Å². The van der Waals surface area contributed by atoms with Gasteiger partial charge >= 0.3 is 0 Å². The third-order valence-electron chi connectivity index (χ3n) is 4.05. The summed E-state index contributed by atoms with van der Waals surface area (Å²) in [6.45, 7) is 1.21. The molecule has 0 radical (unpaired) electrons. The molecular formula is C20H19Cl2N3O2. The lowest BCUT2D eigenvalue weighted by atomic mass is 10.1. The van der Waals surface area contributed by atoms with Gasteiger partial charge in [0.25, 0.3) is 0 Å². The first-order chi connectivity index (χ1) is 13.1. The fraction of sp³-hybridized carbons (Fsp3) is 0.200. The maximum atomic E-state index is 6.31. The van der Waals surface area contributed by atoms with Crippen LogP contribution in [0.15, 0.2) is 54.7 Å². The molecule has 0 unspecified atom stereocenters. The van der Waals surface area contributed by atoms with E-state index in [0.29, 0.717) is 18.9 Å².